The topological polar surface area (TPSA) is 67.6 Å². The van der Waals surface area contributed by atoms with Crippen LogP contribution in [0.4, 0.5) is 21.9 Å². The zero-order valence-electron chi connectivity index (χ0n) is 17.0. The van der Waals surface area contributed by atoms with E-state index in [2.05, 4.69) is 19.2 Å². The second kappa shape index (κ2) is 9.15. The lowest BCUT2D eigenvalue weighted by atomic mass is 10.0. The number of para-hydroxylation sites is 1. The van der Waals surface area contributed by atoms with Crippen molar-refractivity contribution in [1.82, 2.24) is 5.32 Å². The van der Waals surface area contributed by atoms with Crippen LogP contribution in [0.25, 0.3) is 0 Å². The summed E-state index contributed by atoms with van der Waals surface area (Å²) in [5.41, 5.74) is 9.16. The fourth-order valence-corrected chi connectivity index (χ4v) is 2.99. The van der Waals surface area contributed by atoms with Crippen LogP contribution < -0.4 is 20.7 Å². The van der Waals surface area contributed by atoms with Crippen LogP contribution in [0.3, 0.4) is 0 Å². The Kier molecular flexibility index (Phi) is 6.39. The van der Waals surface area contributed by atoms with Gasteiger partial charge < -0.3 is 15.8 Å². The van der Waals surface area contributed by atoms with Crippen LogP contribution in [-0.4, -0.2) is 12.3 Å². The van der Waals surface area contributed by atoms with Crippen LogP contribution in [0.2, 0.25) is 0 Å². The lowest BCUT2D eigenvalue weighted by molar-refractivity contribution is 0.181. The van der Waals surface area contributed by atoms with Crippen LogP contribution in [0.15, 0.2) is 78.9 Å². The molecular formula is C24H27N3O2. The van der Waals surface area contributed by atoms with Crippen molar-refractivity contribution in [3.05, 3.63) is 84.4 Å². The highest BCUT2D eigenvalue weighted by Gasteiger charge is 2.20. The van der Waals surface area contributed by atoms with Gasteiger partial charge in [0.05, 0.1) is 11.4 Å². The Hall–Kier alpha value is -3.47. The van der Waals surface area contributed by atoms with E-state index >= 15 is 0 Å². The zero-order chi connectivity index (χ0) is 20.8. The number of nitrogen functional groups attached to an aromatic ring is 1. The maximum atomic E-state index is 13.1. The highest BCUT2D eigenvalue weighted by atomic mass is 16.5. The normalized spacial score (nSPS) is 11.7. The number of nitrogens with two attached hydrogens (primary N) is 1. The van der Waals surface area contributed by atoms with Gasteiger partial charge in [-0.15, -0.1) is 0 Å². The van der Waals surface area contributed by atoms with E-state index in [-0.39, 0.29) is 6.03 Å². The number of benzene rings is 3. The number of rotatable bonds is 6. The number of carbonyl (C=O) groups excluding carboxylic acids is 1. The first-order valence-electron chi connectivity index (χ1n) is 9.72. The lowest BCUT2D eigenvalue weighted by Gasteiger charge is -2.26. The first-order chi connectivity index (χ1) is 13.9. The summed E-state index contributed by atoms with van der Waals surface area (Å²) in [4.78, 5) is 14.7. The SMILES string of the molecule is CC(NC(=O)N(c1ccccc1)c1ccc(N)cc1)Oc1ccc(C(C)C)cc1. The maximum Gasteiger partial charge on any atom is 0.329 e. The molecule has 0 aliphatic rings. The Morgan fingerprint density at radius 3 is 2.03 bits per heavy atom. The lowest BCUT2D eigenvalue weighted by Crippen LogP contribution is -2.44. The first-order valence-corrected chi connectivity index (χ1v) is 9.72. The summed E-state index contributed by atoms with van der Waals surface area (Å²) in [6.45, 7) is 6.10. The number of ether oxygens (including phenoxy) is 1. The molecule has 3 aromatic rings. The van der Waals surface area contributed by atoms with Crippen molar-refractivity contribution in [2.24, 2.45) is 0 Å². The highest BCUT2D eigenvalue weighted by molar-refractivity contribution is 5.99. The van der Waals surface area contributed by atoms with Crippen LogP contribution in [0.5, 0.6) is 5.75 Å². The molecule has 0 bridgehead atoms. The molecule has 3 rings (SSSR count). The van der Waals surface area contributed by atoms with E-state index in [0.29, 0.717) is 17.4 Å². The molecule has 3 N–H and O–H groups in total. The summed E-state index contributed by atoms with van der Waals surface area (Å²) in [7, 11) is 0. The molecule has 0 fully saturated rings. The van der Waals surface area contributed by atoms with Crippen molar-refractivity contribution in [3.8, 4) is 5.75 Å². The van der Waals surface area contributed by atoms with E-state index in [0.717, 1.165) is 11.4 Å². The van der Waals surface area contributed by atoms with Crippen LogP contribution in [-0.2, 0) is 0 Å². The molecule has 1 atom stereocenters. The molecule has 0 aromatic heterocycles. The van der Waals surface area contributed by atoms with Crippen LogP contribution in [0, 0.1) is 0 Å². The van der Waals surface area contributed by atoms with Gasteiger partial charge in [0.25, 0.3) is 0 Å². The highest BCUT2D eigenvalue weighted by Crippen LogP contribution is 2.26. The Bertz CT molecular complexity index is 923. The molecule has 0 saturated heterocycles. The molecule has 0 heterocycles. The number of amides is 2. The average Bonchev–Trinajstić information content (AvgIpc) is 2.71. The van der Waals surface area contributed by atoms with Gasteiger partial charge in [0, 0.05) is 5.69 Å². The molecule has 5 nitrogen and oxygen atoms in total. The van der Waals surface area contributed by atoms with Crippen molar-refractivity contribution in [3.63, 3.8) is 0 Å². The third-order valence-corrected chi connectivity index (χ3v) is 4.56. The number of anilines is 3. The average molecular weight is 389 g/mol. The van der Waals surface area contributed by atoms with E-state index in [1.165, 1.54) is 5.56 Å². The van der Waals surface area contributed by atoms with Gasteiger partial charge in [0.1, 0.15) is 5.75 Å². The molecule has 5 heteroatoms. The third-order valence-electron chi connectivity index (χ3n) is 4.56. The molecule has 0 aliphatic carbocycles. The van der Waals surface area contributed by atoms with E-state index in [4.69, 9.17) is 10.5 Å². The molecule has 2 amide bonds. The summed E-state index contributed by atoms with van der Waals surface area (Å²) in [5, 5.41) is 2.91. The Morgan fingerprint density at radius 1 is 0.862 bits per heavy atom. The van der Waals surface area contributed by atoms with E-state index in [9.17, 15) is 4.79 Å². The second-order valence-corrected chi connectivity index (χ2v) is 7.20. The molecule has 0 saturated carbocycles. The molecule has 3 aromatic carbocycles. The van der Waals surface area contributed by atoms with Crippen LogP contribution in [0.1, 0.15) is 32.3 Å². The number of nitrogens with one attached hydrogen (secondary N) is 1. The molecular weight excluding hydrogens is 362 g/mol. The fraction of sp³-hybridized carbons (Fsp3) is 0.208. The van der Waals surface area contributed by atoms with Crippen molar-refractivity contribution >= 4 is 23.1 Å². The largest absolute Gasteiger partial charge is 0.471 e. The second-order valence-electron chi connectivity index (χ2n) is 7.20. The summed E-state index contributed by atoms with van der Waals surface area (Å²) < 4.78 is 5.88. The van der Waals surface area contributed by atoms with Gasteiger partial charge in [-0.2, -0.15) is 0 Å². The number of hydrogen-bond acceptors (Lipinski definition) is 3. The Morgan fingerprint density at radius 2 is 1.45 bits per heavy atom. The first kappa shape index (κ1) is 20.3. The number of hydrogen-bond donors (Lipinski definition) is 2. The quantitative estimate of drug-likeness (QED) is 0.422. The Labute approximate surface area is 172 Å². The maximum absolute atomic E-state index is 13.1. The molecule has 150 valence electrons. The van der Waals surface area contributed by atoms with Gasteiger partial charge in [-0.05, 0) is 66.9 Å². The minimum atomic E-state index is -0.507. The summed E-state index contributed by atoms with van der Waals surface area (Å²) in [6.07, 6.45) is -0.507. The number of urea groups is 1. The van der Waals surface area contributed by atoms with E-state index < -0.39 is 6.23 Å². The standard InChI is InChI=1S/C24H27N3O2/c1-17(2)19-9-15-23(16-10-19)29-18(3)26-24(28)27(21-7-5-4-6-8-21)22-13-11-20(25)12-14-22/h4-18H,25H2,1-3H3,(H,26,28). The van der Waals surface area contributed by atoms with Crippen molar-refractivity contribution in [2.45, 2.75) is 32.9 Å². The van der Waals surface area contributed by atoms with Crippen molar-refractivity contribution < 1.29 is 9.53 Å². The van der Waals surface area contributed by atoms with Gasteiger partial charge in [0.15, 0.2) is 6.23 Å². The molecule has 29 heavy (non-hydrogen) atoms. The van der Waals surface area contributed by atoms with Gasteiger partial charge in [-0.1, -0.05) is 44.2 Å². The predicted molar refractivity (Wildman–Crippen MR) is 119 cm³/mol. The minimum Gasteiger partial charge on any atom is -0.471 e. The smallest absolute Gasteiger partial charge is 0.329 e. The molecule has 0 spiro atoms. The third kappa shape index (κ3) is 5.29. The summed E-state index contributed by atoms with van der Waals surface area (Å²) >= 11 is 0. The monoisotopic (exact) mass is 389 g/mol. The number of nitrogens with zero attached hydrogens (tertiary/aromatic N) is 1. The van der Waals surface area contributed by atoms with Gasteiger partial charge in [-0.3, -0.25) is 4.90 Å². The summed E-state index contributed by atoms with van der Waals surface area (Å²) in [5.74, 6) is 1.17. The van der Waals surface area contributed by atoms with Gasteiger partial charge in [0.2, 0.25) is 0 Å². The summed E-state index contributed by atoms with van der Waals surface area (Å²) in [6, 6.07) is 24.3. The van der Waals surface area contributed by atoms with E-state index in [1.807, 2.05) is 66.7 Å². The fourth-order valence-electron chi connectivity index (χ4n) is 2.99. The molecule has 1 unspecified atom stereocenters. The predicted octanol–water partition coefficient (Wildman–Crippen LogP) is 5.66. The van der Waals surface area contributed by atoms with Gasteiger partial charge >= 0.3 is 6.03 Å². The van der Waals surface area contributed by atoms with Gasteiger partial charge in [-0.25, -0.2) is 4.79 Å². The number of carbonyl (C=O) groups is 1. The van der Waals surface area contributed by atoms with Crippen LogP contribution >= 0.6 is 0 Å². The molecule has 0 aliphatic heterocycles. The minimum absolute atomic E-state index is 0.285. The Balaban J connectivity index is 1.74. The zero-order valence-corrected chi connectivity index (χ0v) is 17.0. The molecule has 0 radical (unpaired) electrons. The van der Waals surface area contributed by atoms with E-state index in [1.54, 1.807) is 24.0 Å². The van der Waals surface area contributed by atoms with Crippen molar-refractivity contribution in [1.29, 1.82) is 0 Å². The van der Waals surface area contributed by atoms with Crippen molar-refractivity contribution in [2.75, 3.05) is 10.6 Å².